The summed E-state index contributed by atoms with van der Waals surface area (Å²) in [5.41, 5.74) is 0.598. The summed E-state index contributed by atoms with van der Waals surface area (Å²) in [5.74, 6) is 1.27. The Kier molecular flexibility index (Phi) is 6.11. The van der Waals surface area contributed by atoms with Crippen LogP contribution < -0.4 is 9.47 Å². The zero-order valence-electron chi connectivity index (χ0n) is 15.4. The van der Waals surface area contributed by atoms with Crippen molar-refractivity contribution < 1.29 is 23.8 Å². The van der Waals surface area contributed by atoms with Crippen LogP contribution in [0.3, 0.4) is 0 Å². The molecule has 2 aliphatic heterocycles. The van der Waals surface area contributed by atoms with Gasteiger partial charge in [0.1, 0.15) is 6.10 Å². The fourth-order valence-corrected chi connectivity index (χ4v) is 3.41. The molecule has 0 bridgehead atoms. The molecule has 1 aromatic carbocycles. The lowest BCUT2D eigenvalue weighted by Crippen LogP contribution is -2.52. The minimum atomic E-state index is -0.269. The lowest BCUT2D eigenvalue weighted by atomic mass is 10.1. The number of hydrogen-bond acceptors (Lipinski definition) is 6. The van der Waals surface area contributed by atoms with Gasteiger partial charge in [-0.3, -0.25) is 14.5 Å². The van der Waals surface area contributed by atoms with Crippen LogP contribution >= 0.6 is 0 Å². The Morgan fingerprint density at radius 1 is 1.12 bits per heavy atom. The molecule has 2 heterocycles. The lowest BCUT2D eigenvalue weighted by Gasteiger charge is -2.35. The van der Waals surface area contributed by atoms with E-state index in [9.17, 15) is 9.59 Å². The molecular formula is C19H26N2O5. The SMILES string of the molecule is COc1ccc(C(=O)CN2CCN(C(=O)C3CCCO3)CC2)cc1OC. The third kappa shape index (κ3) is 4.16. The van der Waals surface area contributed by atoms with Gasteiger partial charge < -0.3 is 19.1 Å². The van der Waals surface area contributed by atoms with Gasteiger partial charge in [0.05, 0.1) is 20.8 Å². The number of piperazine rings is 1. The van der Waals surface area contributed by atoms with Gasteiger partial charge in [0, 0.05) is 38.3 Å². The first-order valence-corrected chi connectivity index (χ1v) is 9.00. The number of rotatable bonds is 6. The average Bonchev–Trinajstić information content (AvgIpc) is 3.22. The van der Waals surface area contributed by atoms with Crippen LogP contribution in [0, 0.1) is 0 Å². The quantitative estimate of drug-likeness (QED) is 0.709. The first-order chi connectivity index (χ1) is 12.6. The molecule has 3 rings (SSSR count). The summed E-state index contributed by atoms with van der Waals surface area (Å²) in [5, 5.41) is 0. The fraction of sp³-hybridized carbons (Fsp3) is 0.579. The summed E-state index contributed by atoms with van der Waals surface area (Å²) < 4.78 is 15.9. The topological polar surface area (TPSA) is 68.3 Å². The number of nitrogens with zero attached hydrogens (tertiary/aromatic N) is 2. The molecule has 0 aromatic heterocycles. The zero-order valence-corrected chi connectivity index (χ0v) is 15.4. The molecule has 2 fully saturated rings. The molecule has 2 saturated heterocycles. The van der Waals surface area contributed by atoms with Crippen molar-refractivity contribution in [1.82, 2.24) is 9.80 Å². The molecule has 0 spiro atoms. The van der Waals surface area contributed by atoms with Crippen LogP contribution in [0.1, 0.15) is 23.2 Å². The Bertz CT molecular complexity index is 649. The molecule has 1 unspecified atom stereocenters. The molecular weight excluding hydrogens is 336 g/mol. The Morgan fingerprint density at radius 2 is 1.85 bits per heavy atom. The second kappa shape index (κ2) is 8.51. The van der Waals surface area contributed by atoms with E-state index < -0.39 is 0 Å². The van der Waals surface area contributed by atoms with Crippen molar-refractivity contribution in [3.63, 3.8) is 0 Å². The van der Waals surface area contributed by atoms with E-state index in [0.29, 0.717) is 56.4 Å². The highest BCUT2D eigenvalue weighted by Gasteiger charge is 2.30. The van der Waals surface area contributed by atoms with Crippen molar-refractivity contribution in [1.29, 1.82) is 0 Å². The summed E-state index contributed by atoms with van der Waals surface area (Å²) >= 11 is 0. The summed E-state index contributed by atoms with van der Waals surface area (Å²) in [4.78, 5) is 28.9. The van der Waals surface area contributed by atoms with Crippen molar-refractivity contribution in [2.75, 3.05) is 53.6 Å². The average molecular weight is 362 g/mol. The molecule has 0 saturated carbocycles. The van der Waals surface area contributed by atoms with Gasteiger partial charge in [-0.1, -0.05) is 0 Å². The number of amides is 1. The maximum atomic E-state index is 12.6. The van der Waals surface area contributed by atoms with E-state index in [4.69, 9.17) is 14.2 Å². The maximum absolute atomic E-state index is 12.6. The first-order valence-electron chi connectivity index (χ1n) is 9.00. The van der Waals surface area contributed by atoms with E-state index in [-0.39, 0.29) is 17.8 Å². The molecule has 1 aromatic rings. The molecule has 1 atom stereocenters. The minimum absolute atomic E-state index is 0.0323. The fourth-order valence-electron chi connectivity index (χ4n) is 3.41. The van der Waals surface area contributed by atoms with Gasteiger partial charge in [-0.05, 0) is 31.0 Å². The normalized spacial score (nSPS) is 20.8. The van der Waals surface area contributed by atoms with Crippen molar-refractivity contribution in [3.8, 4) is 11.5 Å². The summed E-state index contributed by atoms with van der Waals surface area (Å²) in [6.45, 7) is 3.67. The van der Waals surface area contributed by atoms with Crippen molar-refractivity contribution in [2.45, 2.75) is 18.9 Å². The predicted octanol–water partition coefficient (Wildman–Crippen LogP) is 1.21. The molecule has 0 N–H and O–H groups in total. The summed E-state index contributed by atoms with van der Waals surface area (Å²) in [7, 11) is 3.12. The minimum Gasteiger partial charge on any atom is -0.493 e. The first kappa shape index (κ1) is 18.7. The molecule has 26 heavy (non-hydrogen) atoms. The van der Waals surface area contributed by atoms with Crippen LogP contribution in [0.5, 0.6) is 11.5 Å². The molecule has 1 amide bonds. The van der Waals surface area contributed by atoms with Crippen molar-refractivity contribution >= 4 is 11.7 Å². The van der Waals surface area contributed by atoms with E-state index in [1.54, 1.807) is 32.4 Å². The number of carbonyl (C=O) groups is 2. The number of benzene rings is 1. The third-order valence-corrected chi connectivity index (χ3v) is 4.96. The van der Waals surface area contributed by atoms with Gasteiger partial charge in [0.15, 0.2) is 17.3 Å². The number of Topliss-reactive ketones (excluding diaryl/α,β-unsaturated/α-hetero) is 1. The summed E-state index contributed by atoms with van der Waals surface area (Å²) in [6.07, 6.45) is 1.50. The molecule has 0 radical (unpaired) electrons. The molecule has 7 nitrogen and oxygen atoms in total. The third-order valence-electron chi connectivity index (χ3n) is 4.96. The number of hydrogen-bond donors (Lipinski definition) is 0. The van der Waals surface area contributed by atoms with Crippen LogP contribution in [0.2, 0.25) is 0 Å². The van der Waals surface area contributed by atoms with E-state index in [1.807, 2.05) is 4.90 Å². The van der Waals surface area contributed by atoms with Crippen LogP contribution in [-0.2, 0) is 9.53 Å². The van der Waals surface area contributed by atoms with Crippen molar-refractivity contribution in [2.24, 2.45) is 0 Å². The van der Waals surface area contributed by atoms with Gasteiger partial charge in [0.2, 0.25) is 0 Å². The standard InChI is InChI=1S/C19H26N2O5/c1-24-16-6-5-14(12-18(16)25-2)15(22)13-20-7-9-21(10-8-20)19(23)17-4-3-11-26-17/h5-6,12,17H,3-4,7-11,13H2,1-2H3. The van der Waals surface area contributed by atoms with E-state index in [2.05, 4.69) is 4.90 Å². The van der Waals surface area contributed by atoms with E-state index >= 15 is 0 Å². The van der Waals surface area contributed by atoms with Gasteiger partial charge in [0.25, 0.3) is 5.91 Å². The number of ketones is 1. The Labute approximate surface area is 153 Å². The highest BCUT2D eigenvalue weighted by molar-refractivity contribution is 5.98. The molecule has 2 aliphatic rings. The highest BCUT2D eigenvalue weighted by Crippen LogP contribution is 2.27. The van der Waals surface area contributed by atoms with Gasteiger partial charge in [-0.15, -0.1) is 0 Å². The molecule has 7 heteroatoms. The van der Waals surface area contributed by atoms with E-state index in [0.717, 1.165) is 12.8 Å². The monoisotopic (exact) mass is 362 g/mol. The number of methoxy groups -OCH3 is 2. The summed E-state index contributed by atoms with van der Waals surface area (Å²) in [6, 6.07) is 5.20. The van der Waals surface area contributed by atoms with E-state index in [1.165, 1.54) is 0 Å². The van der Waals surface area contributed by atoms with Crippen molar-refractivity contribution in [3.05, 3.63) is 23.8 Å². The van der Waals surface area contributed by atoms with Crippen LogP contribution in [0.15, 0.2) is 18.2 Å². The second-order valence-electron chi connectivity index (χ2n) is 6.60. The van der Waals surface area contributed by atoms with Gasteiger partial charge in [-0.25, -0.2) is 0 Å². The zero-order chi connectivity index (χ0) is 18.5. The van der Waals surface area contributed by atoms with Crippen LogP contribution in [-0.4, -0.2) is 81.1 Å². The highest BCUT2D eigenvalue weighted by atomic mass is 16.5. The van der Waals surface area contributed by atoms with Gasteiger partial charge >= 0.3 is 0 Å². The van der Waals surface area contributed by atoms with Crippen LogP contribution in [0.4, 0.5) is 0 Å². The Hall–Kier alpha value is -2.12. The predicted molar refractivity (Wildman–Crippen MR) is 95.9 cm³/mol. The van der Waals surface area contributed by atoms with Crippen LogP contribution in [0.25, 0.3) is 0 Å². The maximum Gasteiger partial charge on any atom is 0.251 e. The smallest absolute Gasteiger partial charge is 0.251 e. The number of carbonyl (C=O) groups excluding carboxylic acids is 2. The molecule has 142 valence electrons. The Morgan fingerprint density at radius 3 is 2.46 bits per heavy atom. The number of ether oxygens (including phenoxy) is 3. The second-order valence-corrected chi connectivity index (χ2v) is 6.60. The Balaban J connectivity index is 1.52. The molecule has 0 aliphatic carbocycles. The lowest BCUT2D eigenvalue weighted by molar-refractivity contribution is -0.142. The van der Waals surface area contributed by atoms with Gasteiger partial charge in [-0.2, -0.15) is 0 Å². The largest absolute Gasteiger partial charge is 0.493 e.